The van der Waals surface area contributed by atoms with Crippen LogP contribution in [0.4, 0.5) is 4.39 Å². The SMILES string of the molecule is CCN1C(=O)c2c(O)c(=O)c(-c3nnc(Cc4ccc(F)cc4)s3)cn2N(C)C12CCCCC2. The summed E-state index contributed by atoms with van der Waals surface area (Å²) in [5.74, 6) is -1.22. The molecule has 0 bridgehead atoms. The number of fused-ring (bicyclic) bond motifs is 1. The van der Waals surface area contributed by atoms with Crippen LogP contribution in [0.1, 0.15) is 60.1 Å². The average molecular weight is 484 g/mol. The van der Waals surface area contributed by atoms with Crippen LogP contribution in [0.5, 0.6) is 5.75 Å². The second-order valence-corrected chi connectivity index (χ2v) is 9.90. The maximum Gasteiger partial charge on any atom is 0.278 e. The average Bonchev–Trinajstić information content (AvgIpc) is 3.30. The van der Waals surface area contributed by atoms with Crippen LogP contribution in [0, 0.1) is 5.82 Å². The van der Waals surface area contributed by atoms with E-state index in [1.54, 1.807) is 27.9 Å². The number of benzene rings is 1. The van der Waals surface area contributed by atoms with Crippen LogP contribution in [0.2, 0.25) is 0 Å². The van der Waals surface area contributed by atoms with E-state index < -0.39 is 16.8 Å². The van der Waals surface area contributed by atoms with Gasteiger partial charge in [-0.05, 0) is 50.3 Å². The van der Waals surface area contributed by atoms with Crippen molar-refractivity contribution in [2.24, 2.45) is 0 Å². The first-order chi connectivity index (χ1) is 16.4. The molecule has 10 heteroatoms. The van der Waals surface area contributed by atoms with Crippen molar-refractivity contribution in [1.82, 2.24) is 19.8 Å². The molecule has 178 valence electrons. The van der Waals surface area contributed by atoms with Crippen molar-refractivity contribution < 1.29 is 14.3 Å². The number of pyridine rings is 1. The number of halogens is 1. The Morgan fingerprint density at radius 2 is 1.82 bits per heavy atom. The Bertz CT molecular complexity index is 1300. The third-order valence-electron chi connectivity index (χ3n) is 6.98. The van der Waals surface area contributed by atoms with E-state index in [1.807, 2.05) is 19.0 Å². The summed E-state index contributed by atoms with van der Waals surface area (Å²) in [6.45, 7) is 2.41. The highest BCUT2D eigenvalue weighted by Gasteiger charge is 2.49. The number of carbonyl (C=O) groups is 1. The molecule has 2 aliphatic rings. The van der Waals surface area contributed by atoms with Gasteiger partial charge in [-0.25, -0.2) is 4.39 Å². The van der Waals surface area contributed by atoms with Gasteiger partial charge in [0.2, 0.25) is 5.43 Å². The van der Waals surface area contributed by atoms with Crippen LogP contribution in [0.25, 0.3) is 10.6 Å². The summed E-state index contributed by atoms with van der Waals surface area (Å²) >= 11 is 1.24. The molecule has 1 aliphatic carbocycles. The molecular weight excluding hydrogens is 457 g/mol. The Labute approximate surface area is 200 Å². The van der Waals surface area contributed by atoms with Gasteiger partial charge < -0.3 is 10.0 Å². The number of hydrogen-bond acceptors (Lipinski definition) is 7. The predicted molar refractivity (Wildman–Crippen MR) is 127 cm³/mol. The van der Waals surface area contributed by atoms with E-state index in [0.717, 1.165) is 37.7 Å². The fourth-order valence-electron chi connectivity index (χ4n) is 5.23. The third-order valence-corrected chi connectivity index (χ3v) is 7.93. The lowest BCUT2D eigenvalue weighted by atomic mass is 9.86. The largest absolute Gasteiger partial charge is 0.502 e. The number of hydrogen-bond donors (Lipinski definition) is 1. The number of aromatic nitrogens is 3. The number of rotatable bonds is 4. The van der Waals surface area contributed by atoms with Gasteiger partial charge in [0.15, 0.2) is 16.5 Å². The highest BCUT2D eigenvalue weighted by Crippen LogP contribution is 2.40. The molecule has 5 rings (SSSR count). The van der Waals surface area contributed by atoms with Crippen LogP contribution in [-0.2, 0) is 6.42 Å². The number of nitrogens with zero attached hydrogens (tertiary/aromatic N) is 5. The predicted octanol–water partition coefficient (Wildman–Crippen LogP) is 3.51. The Morgan fingerprint density at radius 1 is 1.12 bits per heavy atom. The van der Waals surface area contributed by atoms with Crippen LogP contribution >= 0.6 is 11.3 Å². The van der Waals surface area contributed by atoms with Crippen molar-refractivity contribution in [3.63, 3.8) is 0 Å². The van der Waals surface area contributed by atoms with Crippen LogP contribution in [0.3, 0.4) is 0 Å². The summed E-state index contributed by atoms with van der Waals surface area (Å²) in [5, 5.41) is 22.2. The van der Waals surface area contributed by atoms with Crippen molar-refractivity contribution in [3.8, 4) is 16.3 Å². The number of amides is 1. The van der Waals surface area contributed by atoms with Gasteiger partial charge in [0, 0.05) is 26.2 Å². The van der Waals surface area contributed by atoms with Crippen LogP contribution in [0.15, 0.2) is 35.3 Å². The van der Waals surface area contributed by atoms with Gasteiger partial charge in [0.25, 0.3) is 5.91 Å². The lowest BCUT2D eigenvalue weighted by molar-refractivity contribution is 0.0146. The zero-order valence-corrected chi connectivity index (χ0v) is 19.9. The first kappa shape index (κ1) is 22.5. The number of aromatic hydroxyl groups is 1. The van der Waals surface area contributed by atoms with Gasteiger partial charge in [-0.3, -0.25) is 19.3 Å². The van der Waals surface area contributed by atoms with E-state index in [1.165, 1.54) is 23.5 Å². The van der Waals surface area contributed by atoms with E-state index in [2.05, 4.69) is 10.2 Å². The van der Waals surface area contributed by atoms with Gasteiger partial charge in [-0.15, -0.1) is 10.2 Å². The summed E-state index contributed by atoms with van der Waals surface area (Å²) in [5.41, 5.74) is -0.0958. The standard InChI is InChI=1S/C24H26FN5O3S/c1-3-29-23(33)19-21(32)20(31)17(14-30(19)28(2)24(29)11-5-4-6-12-24)22-27-26-18(34-22)13-15-7-9-16(25)10-8-15/h7-10,14,32H,3-6,11-13H2,1-2H3. The minimum absolute atomic E-state index is 0.0228. The smallest absolute Gasteiger partial charge is 0.278 e. The molecule has 1 N–H and O–H groups in total. The topological polar surface area (TPSA) is 91.6 Å². The summed E-state index contributed by atoms with van der Waals surface area (Å²) in [6.07, 6.45) is 6.83. The zero-order valence-electron chi connectivity index (χ0n) is 19.1. The molecule has 1 saturated carbocycles. The maximum absolute atomic E-state index is 13.4. The van der Waals surface area contributed by atoms with Crippen molar-refractivity contribution >= 4 is 17.2 Å². The molecule has 0 radical (unpaired) electrons. The summed E-state index contributed by atoms with van der Waals surface area (Å²) < 4.78 is 14.8. The van der Waals surface area contributed by atoms with Crippen molar-refractivity contribution in [1.29, 1.82) is 0 Å². The molecule has 2 aromatic heterocycles. The molecule has 0 atom stereocenters. The fourth-order valence-corrected chi connectivity index (χ4v) is 6.11. The van der Waals surface area contributed by atoms with E-state index in [-0.39, 0.29) is 23.0 Å². The van der Waals surface area contributed by atoms with Crippen molar-refractivity contribution in [2.75, 3.05) is 18.6 Å². The monoisotopic (exact) mass is 483 g/mol. The molecule has 1 aliphatic heterocycles. The first-order valence-corrected chi connectivity index (χ1v) is 12.3. The lowest BCUT2D eigenvalue weighted by Gasteiger charge is -2.56. The van der Waals surface area contributed by atoms with Gasteiger partial charge >= 0.3 is 0 Å². The Kier molecular flexibility index (Phi) is 5.63. The van der Waals surface area contributed by atoms with E-state index in [9.17, 15) is 19.1 Å². The molecule has 1 amide bonds. The summed E-state index contributed by atoms with van der Waals surface area (Å²) in [4.78, 5) is 28.3. The Balaban J connectivity index is 1.56. The third kappa shape index (κ3) is 3.48. The second kappa shape index (κ2) is 8.50. The van der Waals surface area contributed by atoms with Gasteiger partial charge in [-0.1, -0.05) is 29.9 Å². The highest BCUT2D eigenvalue weighted by atomic mass is 32.1. The summed E-state index contributed by atoms with van der Waals surface area (Å²) in [7, 11) is 1.90. The van der Waals surface area contributed by atoms with E-state index in [4.69, 9.17) is 0 Å². The molecule has 34 heavy (non-hydrogen) atoms. The molecule has 0 saturated heterocycles. The van der Waals surface area contributed by atoms with Crippen molar-refractivity contribution in [2.45, 2.75) is 51.1 Å². The normalized spacial score (nSPS) is 17.3. The molecule has 3 heterocycles. The first-order valence-electron chi connectivity index (χ1n) is 11.5. The quantitative estimate of drug-likeness (QED) is 0.611. The minimum atomic E-state index is -0.645. The minimum Gasteiger partial charge on any atom is -0.502 e. The Morgan fingerprint density at radius 3 is 2.50 bits per heavy atom. The van der Waals surface area contributed by atoms with Gasteiger partial charge in [0.1, 0.15) is 16.5 Å². The lowest BCUT2D eigenvalue weighted by Crippen LogP contribution is -2.69. The fraction of sp³-hybridized carbons (Fsp3) is 0.417. The van der Waals surface area contributed by atoms with Crippen LogP contribution < -0.4 is 10.4 Å². The molecular formula is C24H26FN5O3S. The molecule has 1 aromatic carbocycles. The van der Waals surface area contributed by atoms with Crippen molar-refractivity contribution in [3.05, 3.63) is 62.8 Å². The second-order valence-electron chi connectivity index (χ2n) is 8.83. The Hall–Kier alpha value is -3.27. The summed E-state index contributed by atoms with van der Waals surface area (Å²) in [6, 6.07) is 6.14. The molecule has 1 fully saturated rings. The molecule has 8 nitrogen and oxygen atoms in total. The van der Waals surface area contributed by atoms with E-state index >= 15 is 0 Å². The molecule has 3 aromatic rings. The van der Waals surface area contributed by atoms with E-state index in [0.29, 0.717) is 23.0 Å². The zero-order chi connectivity index (χ0) is 24.0. The van der Waals surface area contributed by atoms with Crippen LogP contribution in [-0.4, -0.2) is 50.0 Å². The molecule has 1 spiro atoms. The highest BCUT2D eigenvalue weighted by molar-refractivity contribution is 7.14. The molecule has 0 unspecified atom stereocenters. The maximum atomic E-state index is 13.4. The van der Waals surface area contributed by atoms with Gasteiger partial charge in [-0.2, -0.15) is 0 Å². The number of carbonyl (C=O) groups excluding carboxylic acids is 1. The van der Waals surface area contributed by atoms with Gasteiger partial charge in [0.05, 0.1) is 5.56 Å².